The average Bonchev–Trinajstić information content (AvgIpc) is 2.39. The minimum Gasteiger partial charge on any atom is -0.353 e. The number of aromatic nitrogens is 2. The van der Waals surface area contributed by atoms with E-state index >= 15 is 0 Å². The first-order chi connectivity index (χ1) is 8.74. The molecule has 3 nitrogen and oxygen atoms in total. The highest BCUT2D eigenvalue weighted by molar-refractivity contribution is 8.00. The van der Waals surface area contributed by atoms with Crippen LogP contribution in [0.5, 0.6) is 0 Å². The molecule has 2 aromatic rings. The maximum atomic E-state index is 4.23. The molecule has 0 aliphatic heterocycles. The molecule has 0 saturated carbocycles. The fourth-order valence-corrected chi connectivity index (χ4v) is 2.44. The lowest BCUT2D eigenvalue weighted by Gasteiger charge is -2.12. The average molecular weight is 259 g/mol. The van der Waals surface area contributed by atoms with Gasteiger partial charge in [0.15, 0.2) is 0 Å². The Kier molecular flexibility index (Phi) is 4.59. The van der Waals surface area contributed by atoms with Crippen LogP contribution in [0.2, 0.25) is 0 Å². The van der Waals surface area contributed by atoms with E-state index in [4.69, 9.17) is 0 Å². The summed E-state index contributed by atoms with van der Waals surface area (Å²) in [5.41, 5.74) is 1.08. The fraction of sp³-hybridized carbons (Fsp3) is 0.286. The van der Waals surface area contributed by atoms with E-state index in [1.165, 1.54) is 4.90 Å². The standard InChI is InChI=1S/C14H17N3S/c1-11-8-15-14(16-9-11)17-10-12(2)18-13-6-4-3-5-7-13/h3-9,12H,10H2,1-2H3,(H,15,16,17). The van der Waals surface area contributed by atoms with Crippen LogP contribution in [-0.4, -0.2) is 21.8 Å². The summed E-state index contributed by atoms with van der Waals surface area (Å²) in [5.74, 6) is 0.695. The van der Waals surface area contributed by atoms with Crippen LogP contribution in [0.4, 0.5) is 5.95 Å². The van der Waals surface area contributed by atoms with Crippen LogP contribution >= 0.6 is 11.8 Å². The molecule has 1 aromatic carbocycles. The summed E-state index contributed by atoms with van der Waals surface area (Å²) in [5, 5.41) is 3.72. The Hall–Kier alpha value is -1.55. The highest BCUT2D eigenvalue weighted by Crippen LogP contribution is 2.22. The highest BCUT2D eigenvalue weighted by Gasteiger charge is 2.04. The second kappa shape index (κ2) is 6.40. The minimum atomic E-state index is 0.470. The second-order valence-electron chi connectivity index (χ2n) is 4.21. The zero-order valence-corrected chi connectivity index (χ0v) is 11.4. The number of hydrogen-bond acceptors (Lipinski definition) is 4. The predicted molar refractivity (Wildman–Crippen MR) is 77.0 cm³/mol. The molecule has 1 heterocycles. The van der Waals surface area contributed by atoms with E-state index in [2.05, 4.69) is 46.5 Å². The van der Waals surface area contributed by atoms with Crippen molar-refractivity contribution in [2.75, 3.05) is 11.9 Å². The first-order valence-corrected chi connectivity index (χ1v) is 6.86. The van der Waals surface area contributed by atoms with Gasteiger partial charge < -0.3 is 5.32 Å². The summed E-state index contributed by atoms with van der Waals surface area (Å²) in [6.07, 6.45) is 3.65. The molecule has 0 spiro atoms. The number of benzene rings is 1. The molecule has 0 fully saturated rings. The third kappa shape index (κ3) is 4.04. The topological polar surface area (TPSA) is 37.8 Å². The Labute approximate surface area is 112 Å². The fourth-order valence-electron chi connectivity index (χ4n) is 1.49. The van der Waals surface area contributed by atoms with Crippen molar-refractivity contribution < 1.29 is 0 Å². The highest BCUT2D eigenvalue weighted by atomic mass is 32.2. The van der Waals surface area contributed by atoms with Gasteiger partial charge in [0.05, 0.1) is 0 Å². The van der Waals surface area contributed by atoms with Gasteiger partial charge >= 0.3 is 0 Å². The van der Waals surface area contributed by atoms with Gasteiger partial charge in [-0.15, -0.1) is 11.8 Å². The van der Waals surface area contributed by atoms with Crippen molar-refractivity contribution in [2.45, 2.75) is 24.0 Å². The lowest BCUT2D eigenvalue weighted by Crippen LogP contribution is -2.14. The molecule has 1 aromatic heterocycles. The third-order valence-electron chi connectivity index (χ3n) is 2.41. The van der Waals surface area contributed by atoms with Crippen LogP contribution in [0.3, 0.4) is 0 Å². The smallest absolute Gasteiger partial charge is 0.222 e. The first kappa shape index (κ1) is 12.9. The molecule has 0 radical (unpaired) electrons. The molecule has 1 N–H and O–H groups in total. The Morgan fingerprint density at radius 2 is 1.83 bits per heavy atom. The van der Waals surface area contributed by atoms with Gasteiger partial charge in [-0.3, -0.25) is 0 Å². The monoisotopic (exact) mass is 259 g/mol. The lowest BCUT2D eigenvalue weighted by atomic mass is 10.4. The molecule has 94 valence electrons. The van der Waals surface area contributed by atoms with Gasteiger partial charge in [0.25, 0.3) is 0 Å². The Morgan fingerprint density at radius 1 is 1.17 bits per heavy atom. The zero-order valence-electron chi connectivity index (χ0n) is 10.6. The van der Waals surface area contributed by atoms with E-state index in [-0.39, 0.29) is 0 Å². The van der Waals surface area contributed by atoms with Gasteiger partial charge in [0.2, 0.25) is 5.95 Å². The summed E-state index contributed by atoms with van der Waals surface area (Å²) < 4.78 is 0. The van der Waals surface area contributed by atoms with Crippen LogP contribution in [0, 0.1) is 6.92 Å². The van der Waals surface area contributed by atoms with Crippen LogP contribution in [0.1, 0.15) is 12.5 Å². The SMILES string of the molecule is Cc1cnc(NCC(C)Sc2ccccc2)nc1. The molecule has 0 aliphatic rings. The van der Waals surface area contributed by atoms with E-state index in [0.717, 1.165) is 12.1 Å². The Bertz CT molecular complexity index is 470. The molecular formula is C14H17N3S. The van der Waals surface area contributed by atoms with Crippen molar-refractivity contribution in [3.63, 3.8) is 0 Å². The van der Waals surface area contributed by atoms with Crippen LogP contribution in [0.25, 0.3) is 0 Å². The third-order valence-corrected chi connectivity index (χ3v) is 3.52. The van der Waals surface area contributed by atoms with Gasteiger partial charge in [0.1, 0.15) is 0 Å². The molecule has 0 amide bonds. The summed E-state index contributed by atoms with van der Waals surface area (Å²) in [7, 11) is 0. The number of nitrogens with one attached hydrogen (secondary N) is 1. The number of rotatable bonds is 5. The van der Waals surface area contributed by atoms with Crippen molar-refractivity contribution >= 4 is 17.7 Å². The summed E-state index contributed by atoms with van der Waals surface area (Å²) in [6, 6.07) is 10.4. The molecule has 0 saturated heterocycles. The maximum Gasteiger partial charge on any atom is 0.222 e. The molecule has 0 bridgehead atoms. The molecule has 18 heavy (non-hydrogen) atoms. The normalized spacial score (nSPS) is 12.1. The minimum absolute atomic E-state index is 0.470. The number of aryl methyl sites for hydroxylation is 1. The molecule has 1 atom stereocenters. The summed E-state index contributed by atoms with van der Waals surface area (Å²) >= 11 is 1.85. The van der Waals surface area contributed by atoms with E-state index in [1.54, 1.807) is 0 Å². The second-order valence-corrected chi connectivity index (χ2v) is 5.72. The van der Waals surface area contributed by atoms with Crippen LogP contribution < -0.4 is 5.32 Å². The van der Waals surface area contributed by atoms with E-state index in [9.17, 15) is 0 Å². The molecular weight excluding hydrogens is 242 g/mol. The summed E-state index contributed by atoms with van der Waals surface area (Å²) in [6.45, 7) is 5.03. The molecule has 2 rings (SSSR count). The van der Waals surface area contributed by atoms with Gasteiger partial charge in [-0.25, -0.2) is 9.97 Å². The zero-order chi connectivity index (χ0) is 12.8. The van der Waals surface area contributed by atoms with Gasteiger partial charge in [0, 0.05) is 29.1 Å². The van der Waals surface area contributed by atoms with Crippen LogP contribution in [0.15, 0.2) is 47.6 Å². The lowest BCUT2D eigenvalue weighted by molar-refractivity contribution is 0.965. The van der Waals surface area contributed by atoms with Crippen molar-refractivity contribution in [3.05, 3.63) is 48.3 Å². The maximum absolute atomic E-state index is 4.23. The largest absolute Gasteiger partial charge is 0.353 e. The van der Waals surface area contributed by atoms with Gasteiger partial charge in [-0.1, -0.05) is 25.1 Å². The van der Waals surface area contributed by atoms with Gasteiger partial charge in [-0.05, 0) is 24.6 Å². The number of thioether (sulfide) groups is 1. The molecule has 4 heteroatoms. The van der Waals surface area contributed by atoms with E-state index in [0.29, 0.717) is 11.2 Å². The number of anilines is 1. The van der Waals surface area contributed by atoms with Crippen molar-refractivity contribution in [3.8, 4) is 0 Å². The number of nitrogens with zero attached hydrogens (tertiary/aromatic N) is 2. The van der Waals surface area contributed by atoms with Crippen molar-refractivity contribution in [1.29, 1.82) is 0 Å². The van der Waals surface area contributed by atoms with Gasteiger partial charge in [-0.2, -0.15) is 0 Å². The Morgan fingerprint density at radius 3 is 2.50 bits per heavy atom. The van der Waals surface area contributed by atoms with E-state index in [1.807, 2.05) is 37.1 Å². The van der Waals surface area contributed by atoms with E-state index < -0.39 is 0 Å². The van der Waals surface area contributed by atoms with Crippen molar-refractivity contribution in [2.24, 2.45) is 0 Å². The number of hydrogen-bond donors (Lipinski definition) is 1. The van der Waals surface area contributed by atoms with Crippen LogP contribution in [-0.2, 0) is 0 Å². The summed E-state index contributed by atoms with van der Waals surface area (Å²) in [4.78, 5) is 9.74. The van der Waals surface area contributed by atoms with Crippen molar-refractivity contribution in [1.82, 2.24) is 9.97 Å². The Balaban J connectivity index is 1.81. The predicted octanol–water partition coefficient (Wildman–Crippen LogP) is 3.38. The molecule has 0 aliphatic carbocycles. The quantitative estimate of drug-likeness (QED) is 0.835. The first-order valence-electron chi connectivity index (χ1n) is 5.98. The molecule has 1 unspecified atom stereocenters.